The second kappa shape index (κ2) is 6.73. The normalized spacial score (nSPS) is 10.2. The number of nitrogens with zero attached hydrogens (tertiary/aromatic N) is 2. The molecule has 0 aliphatic carbocycles. The molecule has 1 aromatic heterocycles. The molecule has 2 rings (SSSR count). The van der Waals surface area contributed by atoms with Crippen molar-refractivity contribution in [2.24, 2.45) is 0 Å². The first-order chi connectivity index (χ1) is 10.9. The third-order valence-electron chi connectivity index (χ3n) is 2.98. The summed E-state index contributed by atoms with van der Waals surface area (Å²) in [5, 5.41) is 18.7. The highest BCUT2D eigenvalue weighted by Crippen LogP contribution is 2.30. The highest BCUT2D eigenvalue weighted by molar-refractivity contribution is 5.97. The van der Waals surface area contributed by atoms with Crippen molar-refractivity contribution in [1.29, 1.82) is 0 Å². The number of aromatic carboxylic acids is 1. The second-order valence-electron chi connectivity index (χ2n) is 4.52. The molecule has 0 fully saturated rings. The Balaban J connectivity index is 2.34. The average Bonchev–Trinajstić information content (AvgIpc) is 2.55. The van der Waals surface area contributed by atoms with Crippen LogP contribution < -0.4 is 4.74 Å². The Morgan fingerprint density at radius 1 is 1.30 bits per heavy atom. The van der Waals surface area contributed by atoms with Crippen LogP contribution in [0.4, 0.5) is 4.48 Å². The monoisotopic (exact) mass is 320 g/mol. The number of amides is 1. The zero-order valence-corrected chi connectivity index (χ0v) is 12.1. The minimum absolute atomic E-state index is 0.164. The van der Waals surface area contributed by atoms with Crippen molar-refractivity contribution in [3.05, 3.63) is 53.3 Å². The van der Waals surface area contributed by atoms with Crippen molar-refractivity contribution in [1.82, 2.24) is 10.1 Å². The number of ether oxygens (including phenoxy) is 1. The van der Waals surface area contributed by atoms with E-state index in [0.29, 0.717) is 5.56 Å². The van der Waals surface area contributed by atoms with Crippen LogP contribution in [0.15, 0.2) is 36.4 Å². The Morgan fingerprint density at radius 2 is 1.96 bits per heavy atom. The first-order valence-electron chi connectivity index (χ1n) is 6.47. The molecule has 0 bridgehead atoms. The van der Waals surface area contributed by atoms with Gasteiger partial charge in [-0.1, -0.05) is 34.8 Å². The fraction of sp³-hybridized carbons (Fsp3) is 0.133. The highest BCUT2D eigenvalue weighted by Gasteiger charge is 2.26. The van der Waals surface area contributed by atoms with E-state index in [9.17, 15) is 19.2 Å². The van der Waals surface area contributed by atoms with Gasteiger partial charge < -0.3 is 14.9 Å². The molecule has 0 unspecified atom stereocenters. The summed E-state index contributed by atoms with van der Waals surface area (Å²) in [5.41, 5.74) is -0.763. The molecule has 0 aliphatic heterocycles. The molecule has 0 saturated carbocycles. The molecule has 120 valence electrons. The molecule has 8 heteroatoms. The first-order valence-corrected chi connectivity index (χ1v) is 6.47. The lowest BCUT2D eigenvalue weighted by atomic mass is 10.2. The number of rotatable bonds is 5. The lowest BCUT2D eigenvalue weighted by molar-refractivity contribution is 0.0138. The molecule has 1 heterocycles. The Labute approximate surface area is 130 Å². The van der Waals surface area contributed by atoms with E-state index >= 15 is 0 Å². The molecule has 2 aromatic rings. The van der Waals surface area contributed by atoms with Crippen LogP contribution in [0.5, 0.6) is 11.5 Å². The van der Waals surface area contributed by atoms with E-state index in [2.05, 4.69) is 4.98 Å². The van der Waals surface area contributed by atoms with Crippen LogP contribution in [-0.2, 0) is 6.54 Å². The van der Waals surface area contributed by atoms with Crippen LogP contribution in [0, 0.1) is 0 Å². The van der Waals surface area contributed by atoms with Crippen molar-refractivity contribution < 1.29 is 29.0 Å². The highest BCUT2D eigenvalue weighted by atomic mass is 19.2. The third-order valence-corrected chi connectivity index (χ3v) is 2.98. The van der Waals surface area contributed by atoms with Crippen molar-refractivity contribution in [3.8, 4) is 11.5 Å². The van der Waals surface area contributed by atoms with Crippen LogP contribution in [0.3, 0.4) is 0 Å². The third kappa shape index (κ3) is 3.54. The molecular weight excluding hydrogens is 307 g/mol. The molecule has 0 radical (unpaired) electrons. The van der Waals surface area contributed by atoms with Crippen LogP contribution in [-0.4, -0.2) is 39.3 Å². The van der Waals surface area contributed by atoms with Gasteiger partial charge in [0.2, 0.25) is 0 Å². The predicted octanol–water partition coefficient (Wildman–Crippen LogP) is 2.02. The molecule has 0 spiro atoms. The second-order valence-corrected chi connectivity index (χ2v) is 4.52. The number of carbonyl (C=O) groups is 2. The van der Waals surface area contributed by atoms with Crippen molar-refractivity contribution in [2.75, 3.05) is 7.11 Å². The largest absolute Gasteiger partial charge is 0.503 e. The number of carbonyl (C=O) groups excluding carboxylic acids is 1. The standard InChI is InChI=1S/C15H13FN2O5/c1-23-11-7-10(15(21)22)17-12(13(11)19)14(20)18(16)8-9-5-3-2-4-6-9/h2-7,19H,8H2,1H3,(H,21,22). The number of aromatic hydroxyl groups is 1. The summed E-state index contributed by atoms with van der Waals surface area (Å²) < 4.78 is 18.8. The summed E-state index contributed by atoms with van der Waals surface area (Å²) in [5.74, 6) is -3.72. The molecule has 2 N–H and O–H groups in total. The number of carboxylic acids is 1. The zero-order chi connectivity index (χ0) is 17.0. The van der Waals surface area contributed by atoms with E-state index in [-0.39, 0.29) is 17.4 Å². The minimum Gasteiger partial charge on any atom is -0.503 e. The molecule has 1 aromatic carbocycles. The van der Waals surface area contributed by atoms with Gasteiger partial charge in [-0.2, -0.15) is 5.12 Å². The molecule has 0 atom stereocenters. The van der Waals surface area contributed by atoms with E-state index in [1.165, 1.54) is 7.11 Å². The maximum absolute atomic E-state index is 14.1. The lowest BCUT2D eigenvalue weighted by Gasteiger charge is -2.14. The number of benzene rings is 1. The Morgan fingerprint density at radius 3 is 2.52 bits per heavy atom. The fourth-order valence-corrected chi connectivity index (χ4v) is 1.86. The summed E-state index contributed by atoms with van der Waals surface area (Å²) in [6.45, 7) is -0.375. The lowest BCUT2D eigenvalue weighted by Crippen LogP contribution is -2.24. The van der Waals surface area contributed by atoms with Crippen molar-refractivity contribution >= 4 is 11.9 Å². The minimum atomic E-state index is -1.44. The van der Waals surface area contributed by atoms with Gasteiger partial charge in [0.1, 0.15) is 0 Å². The number of hydrogen-bond acceptors (Lipinski definition) is 5. The smallest absolute Gasteiger partial charge is 0.354 e. The molecular formula is C15H13FN2O5. The maximum Gasteiger partial charge on any atom is 0.354 e. The number of methoxy groups -OCH3 is 1. The van der Waals surface area contributed by atoms with E-state index in [0.717, 1.165) is 6.07 Å². The maximum atomic E-state index is 14.1. The SMILES string of the molecule is COc1cc(C(=O)O)nc(C(=O)N(F)Cc2ccccc2)c1O. The number of hydrogen-bond donors (Lipinski definition) is 2. The van der Waals surface area contributed by atoms with Crippen LogP contribution in [0.2, 0.25) is 0 Å². The molecule has 0 saturated heterocycles. The van der Waals surface area contributed by atoms with Gasteiger partial charge >= 0.3 is 11.9 Å². The Bertz CT molecular complexity index is 736. The number of aromatic nitrogens is 1. The molecule has 0 aliphatic rings. The predicted molar refractivity (Wildman–Crippen MR) is 76.8 cm³/mol. The van der Waals surface area contributed by atoms with E-state index < -0.39 is 29.0 Å². The first kappa shape index (κ1) is 16.2. The summed E-state index contributed by atoms with van der Waals surface area (Å²) in [7, 11) is 1.17. The zero-order valence-electron chi connectivity index (χ0n) is 12.1. The van der Waals surface area contributed by atoms with Crippen LogP contribution in [0.1, 0.15) is 26.5 Å². The van der Waals surface area contributed by atoms with Gasteiger partial charge in [0, 0.05) is 6.07 Å². The summed E-state index contributed by atoms with van der Waals surface area (Å²) in [4.78, 5) is 26.6. The van der Waals surface area contributed by atoms with E-state index in [4.69, 9.17) is 9.84 Å². The van der Waals surface area contributed by atoms with Crippen LogP contribution in [0.25, 0.3) is 0 Å². The summed E-state index contributed by atoms with van der Waals surface area (Å²) >= 11 is 0. The number of carboxylic acid groups (broad SMARTS) is 1. The van der Waals surface area contributed by atoms with Gasteiger partial charge in [-0.3, -0.25) is 4.79 Å². The van der Waals surface area contributed by atoms with Crippen molar-refractivity contribution in [2.45, 2.75) is 6.54 Å². The van der Waals surface area contributed by atoms with E-state index in [1.807, 2.05) is 0 Å². The van der Waals surface area contributed by atoms with Crippen LogP contribution >= 0.6 is 0 Å². The van der Waals surface area contributed by atoms with Gasteiger partial charge in [-0.05, 0) is 5.56 Å². The quantitative estimate of drug-likeness (QED) is 0.818. The molecule has 7 nitrogen and oxygen atoms in total. The molecule has 1 amide bonds. The number of halogens is 1. The Kier molecular flexibility index (Phi) is 4.75. The van der Waals surface area contributed by atoms with Gasteiger partial charge in [0.25, 0.3) is 0 Å². The fourth-order valence-electron chi connectivity index (χ4n) is 1.86. The van der Waals surface area contributed by atoms with E-state index in [1.54, 1.807) is 30.3 Å². The van der Waals surface area contributed by atoms with Crippen molar-refractivity contribution in [3.63, 3.8) is 0 Å². The van der Waals surface area contributed by atoms with Gasteiger partial charge in [-0.25, -0.2) is 9.78 Å². The van der Waals surface area contributed by atoms with Gasteiger partial charge in [0.15, 0.2) is 22.9 Å². The number of pyridine rings is 1. The topological polar surface area (TPSA) is 100.0 Å². The molecule has 23 heavy (non-hydrogen) atoms. The summed E-state index contributed by atoms with van der Waals surface area (Å²) in [6, 6.07) is 9.26. The van der Waals surface area contributed by atoms with Gasteiger partial charge in [-0.15, -0.1) is 0 Å². The average molecular weight is 320 g/mol. The van der Waals surface area contributed by atoms with Gasteiger partial charge in [0.05, 0.1) is 13.7 Å². The Hall–Kier alpha value is -3.16. The summed E-state index contributed by atoms with van der Waals surface area (Å²) in [6.07, 6.45) is 0.